The van der Waals surface area contributed by atoms with Crippen LogP contribution in [0.15, 0.2) is 34.2 Å². The van der Waals surface area contributed by atoms with E-state index in [9.17, 15) is 4.79 Å². The number of carbonyl (C=O) groups is 1. The van der Waals surface area contributed by atoms with Gasteiger partial charge in [-0.3, -0.25) is 4.79 Å². The maximum Gasteiger partial charge on any atom is 0.285 e. The fourth-order valence-corrected chi connectivity index (χ4v) is 2.71. The first kappa shape index (κ1) is 11.5. The standard InChI is InChI=1S/C12H11NOS2/c1-8-3-5-9(6-4-8)7-10-11(14)13-12(15-2)16-10/h3-7H,1-2H3. The van der Waals surface area contributed by atoms with Crippen molar-refractivity contribution in [3.05, 3.63) is 40.3 Å². The molecule has 16 heavy (non-hydrogen) atoms. The number of rotatable bonds is 1. The summed E-state index contributed by atoms with van der Waals surface area (Å²) in [6.07, 6.45) is 3.81. The molecule has 2 rings (SSSR count). The number of benzene rings is 1. The maximum atomic E-state index is 11.5. The number of amides is 1. The number of thioether (sulfide) groups is 2. The van der Waals surface area contributed by atoms with E-state index in [0.717, 1.165) is 9.94 Å². The Bertz CT molecular complexity index is 474. The minimum atomic E-state index is -0.130. The van der Waals surface area contributed by atoms with Crippen molar-refractivity contribution in [1.29, 1.82) is 0 Å². The van der Waals surface area contributed by atoms with E-state index in [1.807, 2.05) is 43.5 Å². The molecule has 0 saturated heterocycles. The SMILES string of the molecule is CSC1=NC(=O)C(=Cc2ccc(C)cc2)S1. The van der Waals surface area contributed by atoms with E-state index < -0.39 is 0 Å². The van der Waals surface area contributed by atoms with Crippen LogP contribution in [0.1, 0.15) is 11.1 Å². The highest BCUT2D eigenvalue weighted by Crippen LogP contribution is 2.32. The summed E-state index contributed by atoms with van der Waals surface area (Å²) in [5.41, 5.74) is 2.26. The molecule has 0 spiro atoms. The topological polar surface area (TPSA) is 29.4 Å². The van der Waals surface area contributed by atoms with Crippen molar-refractivity contribution in [2.45, 2.75) is 6.92 Å². The second kappa shape index (κ2) is 4.89. The third-order valence-electron chi connectivity index (χ3n) is 2.15. The van der Waals surface area contributed by atoms with Gasteiger partial charge in [-0.25, -0.2) is 0 Å². The lowest BCUT2D eigenvalue weighted by atomic mass is 10.1. The van der Waals surface area contributed by atoms with E-state index >= 15 is 0 Å². The average molecular weight is 249 g/mol. The summed E-state index contributed by atoms with van der Waals surface area (Å²) in [5, 5.41) is 0. The first-order valence-corrected chi connectivity index (χ1v) is 6.86. The van der Waals surface area contributed by atoms with Gasteiger partial charge in [0.2, 0.25) is 0 Å². The lowest BCUT2D eigenvalue weighted by Crippen LogP contribution is -1.87. The zero-order chi connectivity index (χ0) is 11.5. The molecule has 0 radical (unpaired) electrons. The molecule has 4 heteroatoms. The molecule has 0 aromatic heterocycles. The Morgan fingerprint density at radius 2 is 2.00 bits per heavy atom. The van der Waals surface area contributed by atoms with Crippen LogP contribution >= 0.6 is 23.5 Å². The Morgan fingerprint density at radius 3 is 2.56 bits per heavy atom. The van der Waals surface area contributed by atoms with Crippen LogP contribution in [0.25, 0.3) is 6.08 Å². The number of carbonyl (C=O) groups excluding carboxylic acids is 1. The molecule has 0 atom stereocenters. The first-order chi connectivity index (χ1) is 7.69. The largest absolute Gasteiger partial charge is 0.285 e. The second-order valence-electron chi connectivity index (χ2n) is 3.41. The third-order valence-corrected chi connectivity index (χ3v) is 4.12. The van der Waals surface area contributed by atoms with Gasteiger partial charge < -0.3 is 0 Å². The van der Waals surface area contributed by atoms with Crippen LogP contribution in [0, 0.1) is 6.92 Å². The van der Waals surface area contributed by atoms with Crippen LogP contribution in [-0.2, 0) is 4.79 Å². The van der Waals surface area contributed by atoms with Crippen molar-refractivity contribution in [3.63, 3.8) is 0 Å². The van der Waals surface area contributed by atoms with Gasteiger partial charge >= 0.3 is 0 Å². The molecule has 1 heterocycles. The Balaban J connectivity index is 2.21. The summed E-state index contributed by atoms with van der Waals surface area (Å²) in [6, 6.07) is 8.08. The van der Waals surface area contributed by atoms with Gasteiger partial charge in [0.1, 0.15) is 4.38 Å². The van der Waals surface area contributed by atoms with Gasteiger partial charge in [-0.05, 0) is 24.8 Å². The monoisotopic (exact) mass is 249 g/mol. The van der Waals surface area contributed by atoms with E-state index in [2.05, 4.69) is 4.99 Å². The molecule has 1 aliphatic rings. The molecule has 0 unspecified atom stereocenters. The zero-order valence-corrected chi connectivity index (χ0v) is 10.7. The van der Waals surface area contributed by atoms with Crippen molar-refractivity contribution in [3.8, 4) is 0 Å². The van der Waals surface area contributed by atoms with Crippen molar-refractivity contribution >= 4 is 39.9 Å². The van der Waals surface area contributed by atoms with Crippen LogP contribution in [0.3, 0.4) is 0 Å². The molecule has 0 saturated carbocycles. The molecule has 1 amide bonds. The summed E-state index contributed by atoms with van der Waals surface area (Å²) >= 11 is 2.95. The summed E-state index contributed by atoms with van der Waals surface area (Å²) < 4.78 is 0.823. The van der Waals surface area contributed by atoms with Gasteiger partial charge in [-0.2, -0.15) is 4.99 Å². The smallest absolute Gasteiger partial charge is 0.266 e. The highest BCUT2D eigenvalue weighted by atomic mass is 32.2. The zero-order valence-electron chi connectivity index (χ0n) is 9.06. The highest BCUT2D eigenvalue weighted by molar-refractivity contribution is 8.40. The molecular weight excluding hydrogens is 238 g/mol. The van der Waals surface area contributed by atoms with Crippen molar-refractivity contribution in [2.24, 2.45) is 4.99 Å². The molecule has 0 aliphatic carbocycles. The Hall–Kier alpha value is -1.00. The lowest BCUT2D eigenvalue weighted by Gasteiger charge is -1.96. The summed E-state index contributed by atoms with van der Waals surface area (Å²) in [6.45, 7) is 2.04. The minimum absolute atomic E-state index is 0.130. The van der Waals surface area contributed by atoms with Crippen LogP contribution in [0.4, 0.5) is 0 Å². The fraction of sp³-hybridized carbons (Fsp3) is 0.167. The normalized spacial score (nSPS) is 18.0. The van der Waals surface area contributed by atoms with Gasteiger partial charge in [0, 0.05) is 0 Å². The third kappa shape index (κ3) is 2.57. The number of nitrogens with zero attached hydrogens (tertiary/aromatic N) is 1. The van der Waals surface area contributed by atoms with Gasteiger partial charge in [0.15, 0.2) is 0 Å². The minimum Gasteiger partial charge on any atom is -0.266 e. The van der Waals surface area contributed by atoms with Crippen LogP contribution in [0.2, 0.25) is 0 Å². The van der Waals surface area contributed by atoms with Gasteiger partial charge in [-0.1, -0.05) is 41.6 Å². The second-order valence-corrected chi connectivity index (χ2v) is 5.49. The molecule has 0 N–H and O–H groups in total. The maximum absolute atomic E-state index is 11.5. The van der Waals surface area contributed by atoms with E-state index in [0.29, 0.717) is 4.91 Å². The van der Waals surface area contributed by atoms with Gasteiger partial charge in [-0.15, -0.1) is 11.8 Å². The number of aliphatic imine (C=N–C) groups is 1. The Morgan fingerprint density at radius 1 is 1.31 bits per heavy atom. The van der Waals surface area contributed by atoms with Gasteiger partial charge in [0.05, 0.1) is 4.91 Å². The van der Waals surface area contributed by atoms with Crippen LogP contribution in [0.5, 0.6) is 0 Å². The van der Waals surface area contributed by atoms with Crippen LogP contribution in [-0.4, -0.2) is 16.5 Å². The van der Waals surface area contributed by atoms with Crippen molar-refractivity contribution in [2.75, 3.05) is 6.26 Å². The average Bonchev–Trinajstić information content (AvgIpc) is 2.63. The van der Waals surface area contributed by atoms with Crippen LogP contribution < -0.4 is 0 Å². The number of hydrogen-bond acceptors (Lipinski definition) is 3. The molecule has 0 fully saturated rings. The predicted molar refractivity (Wildman–Crippen MR) is 72.7 cm³/mol. The molecule has 2 nitrogen and oxygen atoms in total. The number of hydrogen-bond donors (Lipinski definition) is 0. The molecular formula is C12H11NOS2. The molecule has 1 aromatic carbocycles. The summed E-state index contributed by atoms with van der Waals surface area (Å²) in [7, 11) is 0. The predicted octanol–water partition coefficient (Wildman–Crippen LogP) is 3.33. The lowest BCUT2D eigenvalue weighted by molar-refractivity contribution is -0.113. The van der Waals surface area contributed by atoms with E-state index in [-0.39, 0.29) is 5.91 Å². The quantitative estimate of drug-likeness (QED) is 0.715. The molecule has 0 bridgehead atoms. The molecule has 1 aliphatic heterocycles. The van der Waals surface area contributed by atoms with E-state index in [4.69, 9.17) is 0 Å². The van der Waals surface area contributed by atoms with Crippen molar-refractivity contribution < 1.29 is 4.79 Å². The Kier molecular flexibility index (Phi) is 3.51. The fourth-order valence-electron chi connectivity index (χ4n) is 1.29. The summed E-state index contributed by atoms with van der Waals surface area (Å²) in [5.74, 6) is -0.130. The highest BCUT2D eigenvalue weighted by Gasteiger charge is 2.20. The van der Waals surface area contributed by atoms with E-state index in [1.54, 1.807) is 0 Å². The van der Waals surface area contributed by atoms with E-state index in [1.165, 1.54) is 29.1 Å². The molecule has 82 valence electrons. The first-order valence-electron chi connectivity index (χ1n) is 4.82. The summed E-state index contributed by atoms with van der Waals surface area (Å²) in [4.78, 5) is 16.2. The molecule has 1 aromatic rings. The Labute approximate surface area is 103 Å². The van der Waals surface area contributed by atoms with Crippen molar-refractivity contribution in [1.82, 2.24) is 0 Å². The number of aryl methyl sites for hydroxylation is 1. The van der Waals surface area contributed by atoms with Gasteiger partial charge in [0.25, 0.3) is 5.91 Å².